The van der Waals surface area contributed by atoms with Crippen LogP contribution < -0.4 is 0 Å². The summed E-state index contributed by atoms with van der Waals surface area (Å²) in [5.74, 6) is -3.80. The Bertz CT molecular complexity index is 362. The lowest BCUT2D eigenvalue weighted by Crippen LogP contribution is -2.04. The van der Waals surface area contributed by atoms with Crippen LogP contribution in [0.1, 0.15) is 11.1 Å². The Morgan fingerprint density at radius 1 is 1.15 bits per heavy atom. The molecule has 1 nitrogen and oxygen atoms in total. The number of fused-ring (bicyclic) bond motifs is 1. The fourth-order valence-electron chi connectivity index (χ4n) is 1.65. The maximum atomic E-state index is 13.0. The molecule has 0 fully saturated rings. The second-order valence-corrected chi connectivity index (χ2v) is 3.19. The molecule has 0 spiro atoms. The van der Waals surface area contributed by atoms with Crippen molar-refractivity contribution in [3.05, 3.63) is 34.6 Å². The van der Waals surface area contributed by atoms with Gasteiger partial charge in [-0.05, 0) is 23.6 Å². The van der Waals surface area contributed by atoms with Gasteiger partial charge in [0.15, 0.2) is 17.5 Å². The lowest BCUT2D eigenvalue weighted by molar-refractivity contribution is 0.186. The first-order valence-electron chi connectivity index (χ1n) is 3.93. The summed E-state index contributed by atoms with van der Waals surface area (Å²) in [6.45, 7) is 0. The van der Waals surface area contributed by atoms with E-state index in [4.69, 9.17) is 5.11 Å². The molecule has 1 aliphatic carbocycles. The van der Waals surface area contributed by atoms with Crippen LogP contribution in [0.25, 0.3) is 0 Å². The van der Waals surface area contributed by atoms with Crippen molar-refractivity contribution in [2.45, 2.75) is 18.9 Å². The highest BCUT2D eigenvalue weighted by molar-refractivity contribution is 5.35. The standard InChI is InChI=1S/C9H7F3O/c10-7-2-4-1-5(13)3-6(4)8(11)9(7)12/h2,5,13H,1,3H2. The molecule has 0 aromatic heterocycles. The molecule has 1 N–H and O–H groups in total. The highest BCUT2D eigenvalue weighted by Gasteiger charge is 2.26. The van der Waals surface area contributed by atoms with Crippen molar-refractivity contribution in [1.29, 1.82) is 0 Å². The minimum absolute atomic E-state index is 0.0678. The van der Waals surface area contributed by atoms with E-state index in [1.165, 1.54) is 0 Å². The SMILES string of the molecule is OC1Cc2cc(F)c(F)c(F)c2C1. The van der Waals surface area contributed by atoms with Gasteiger partial charge in [-0.1, -0.05) is 0 Å². The normalized spacial score (nSPS) is 20.5. The van der Waals surface area contributed by atoms with Crippen LogP contribution in [-0.2, 0) is 12.8 Å². The number of hydrogen-bond acceptors (Lipinski definition) is 1. The van der Waals surface area contributed by atoms with E-state index in [9.17, 15) is 13.2 Å². The summed E-state index contributed by atoms with van der Waals surface area (Å²) in [6.07, 6.45) is -0.451. The van der Waals surface area contributed by atoms with Crippen molar-refractivity contribution in [1.82, 2.24) is 0 Å². The van der Waals surface area contributed by atoms with Gasteiger partial charge in [-0.25, -0.2) is 13.2 Å². The van der Waals surface area contributed by atoms with Gasteiger partial charge in [0, 0.05) is 6.42 Å². The Morgan fingerprint density at radius 2 is 1.85 bits per heavy atom. The van der Waals surface area contributed by atoms with Crippen LogP contribution in [0, 0.1) is 17.5 Å². The zero-order valence-electron chi connectivity index (χ0n) is 6.65. The van der Waals surface area contributed by atoms with Crippen LogP contribution in [0.15, 0.2) is 6.07 Å². The quantitative estimate of drug-likeness (QED) is 0.612. The molecule has 13 heavy (non-hydrogen) atoms. The molecular formula is C9H7F3O. The zero-order valence-corrected chi connectivity index (χ0v) is 6.65. The maximum Gasteiger partial charge on any atom is 0.194 e. The first kappa shape index (κ1) is 8.56. The summed E-state index contributed by atoms with van der Waals surface area (Å²) in [5.41, 5.74) is 0.468. The average Bonchev–Trinajstić information content (AvgIpc) is 2.42. The third kappa shape index (κ3) is 1.21. The minimum atomic E-state index is -1.45. The lowest BCUT2D eigenvalue weighted by atomic mass is 10.1. The van der Waals surface area contributed by atoms with Gasteiger partial charge in [0.05, 0.1) is 6.10 Å². The lowest BCUT2D eigenvalue weighted by Gasteiger charge is -2.01. The third-order valence-electron chi connectivity index (χ3n) is 2.25. The molecule has 4 heteroatoms. The Kier molecular flexibility index (Phi) is 1.80. The van der Waals surface area contributed by atoms with Gasteiger partial charge in [-0.15, -0.1) is 0 Å². The van der Waals surface area contributed by atoms with Gasteiger partial charge in [-0.3, -0.25) is 0 Å². The Morgan fingerprint density at radius 3 is 2.54 bits per heavy atom. The van der Waals surface area contributed by atoms with Crippen LogP contribution in [0.2, 0.25) is 0 Å². The molecule has 1 aromatic rings. The van der Waals surface area contributed by atoms with Crippen molar-refractivity contribution in [3.8, 4) is 0 Å². The molecule has 1 aromatic carbocycles. The number of aliphatic hydroxyl groups excluding tert-OH is 1. The number of halogens is 3. The highest BCUT2D eigenvalue weighted by atomic mass is 19.2. The summed E-state index contributed by atoms with van der Waals surface area (Å²) < 4.78 is 38.4. The number of benzene rings is 1. The molecule has 0 saturated carbocycles. The molecular weight excluding hydrogens is 181 g/mol. The Hall–Kier alpha value is -1.03. The number of aliphatic hydroxyl groups is 1. The zero-order chi connectivity index (χ0) is 9.59. The van der Waals surface area contributed by atoms with Crippen molar-refractivity contribution in [2.75, 3.05) is 0 Å². The van der Waals surface area contributed by atoms with Gasteiger partial charge >= 0.3 is 0 Å². The largest absolute Gasteiger partial charge is 0.392 e. The van der Waals surface area contributed by atoms with E-state index < -0.39 is 23.6 Å². The molecule has 0 amide bonds. The van der Waals surface area contributed by atoms with E-state index in [1.54, 1.807) is 0 Å². The first-order chi connectivity index (χ1) is 6.09. The van der Waals surface area contributed by atoms with E-state index in [1.807, 2.05) is 0 Å². The smallest absolute Gasteiger partial charge is 0.194 e. The molecule has 0 radical (unpaired) electrons. The maximum absolute atomic E-state index is 13.0. The van der Waals surface area contributed by atoms with Gasteiger partial charge in [0.1, 0.15) is 0 Å². The van der Waals surface area contributed by atoms with Crippen LogP contribution in [0.3, 0.4) is 0 Å². The van der Waals surface area contributed by atoms with Crippen LogP contribution in [0.4, 0.5) is 13.2 Å². The highest BCUT2D eigenvalue weighted by Crippen LogP contribution is 2.27. The van der Waals surface area contributed by atoms with Gasteiger partial charge in [0.2, 0.25) is 0 Å². The van der Waals surface area contributed by atoms with Crippen molar-refractivity contribution < 1.29 is 18.3 Å². The second kappa shape index (κ2) is 2.73. The van der Waals surface area contributed by atoms with Crippen molar-refractivity contribution in [3.63, 3.8) is 0 Å². The van der Waals surface area contributed by atoms with E-state index in [0.29, 0.717) is 5.56 Å². The fourth-order valence-corrected chi connectivity index (χ4v) is 1.65. The summed E-state index contributed by atoms with van der Waals surface area (Å²) in [5, 5.41) is 9.15. The average molecular weight is 188 g/mol. The molecule has 1 aliphatic rings. The van der Waals surface area contributed by atoms with Crippen LogP contribution in [0.5, 0.6) is 0 Å². The van der Waals surface area contributed by atoms with Crippen LogP contribution >= 0.6 is 0 Å². The van der Waals surface area contributed by atoms with E-state index in [0.717, 1.165) is 6.07 Å². The van der Waals surface area contributed by atoms with E-state index >= 15 is 0 Å². The van der Waals surface area contributed by atoms with Crippen molar-refractivity contribution in [2.24, 2.45) is 0 Å². The Balaban J connectivity index is 2.60. The van der Waals surface area contributed by atoms with E-state index in [-0.39, 0.29) is 18.4 Å². The van der Waals surface area contributed by atoms with Crippen molar-refractivity contribution >= 4 is 0 Å². The summed E-state index contributed by atoms with van der Waals surface area (Å²) in [6, 6.07) is 0.948. The summed E-state index contributed by atoms with van der Waals surface area (Å²) in [7, 11) is 0. The first-order valence-corrected chi connectivity index (χ1v) is 3.93. The van der Waals surface area contributed by atoms with Gasteiger partial charge in [0.25, 0.3) is 0 Å². The summed E-state index contributed by atoms with van der Waals surface area (Å²) in [4.78, 5) is 0. The van der Waals surface area contributed by atoms with Gasteiger partial charge < -0.3 is 5.11 Å². The topological polar surface area (TPSA) is 20.2 Å². The summed E-state index contributed by atoms with van der Waals surface area (Å²) >= 11 is 0. The minimum Gasteiger partial charge on any atom is -0.392 e. The molecule has 1 atom stereocenters. The van der Waals surface area contributed by atoms with E-state index in [2.05, 4.69) is 0 Å². The van der Waals surface area contributed by atoms with Gasteiger partial charge in [-0.2, -0.15) is 0 Å². The molecule has 0 bridgehead atoms. The number of rotatable bonds is 0. The molecule has 1 unspecified atom stereocenters. The molecule has 2 rings (SSSR count). The molecule has 0 heterocycles. The predicted molar refractivity (Wildman–Crippen MR) is 39.7 cm³/mol. The third-order valence-corrected chi connectivity index (χ3v) is 2.25. The van der Waals surface area contributed by atoms with Crippen LogP contribution in [-0.4, -0.2) is 11.2 Å². The monoisotopic (exact) mass is 188 g/mol. The molecule has 0 saturated heterocycles. The molecule has 0 aliphatic heterocycles. The molecule has 70 valence electrons. The predicted octanol–water partition coefficient (Wildman–Crippen LogP) is 1.56. The fraction of sp³-hybridized carbons (Fsp3) is 0.333. The number of hydrogen-bond donors (Lipinski definition) is 1. The Labute approximate surface area is 72.8 Å². The second-order valence-electron chi connectivity index (χ2n) is 3.19.